The van der Waals surface area contributed by atoms with Crippen molar-refractivity contribution < 1.29 is 18.7 Å². The van der Waals surface area contributed by atoms with E-state index >= 15 is 0 Å². The van der Waals surface area contributed by atoms with Gasteiger partial charge in [-0.05, 0) is 18.2 Å². The molecule has 1 aromatic carbocycles. The maximum absolute atomic E-state index is 13.1. The molecule has 0 saturated heterocycles. The second-order valence-corrected chi connectivity index (χ2v) is 4.63. The molecular formula is C12H13BrFNO3. The van der Waals surface area contributed by atoms with Gasteiger partial charge in [0.1, 0.15) is 5.82 Å². The van der Waals surface area contributed by atoms with E-state index in [4.69, 9.17) is 0 Å². The van der Waals surface area contributed by atoms with E-state index in [0.717, 1.165) is 6.07 Å². The van der Waals surface area contributed by atoms with Gasteiger partial charge < -0.3 is 9.64 Å². The lowest BCUT2D eigenvalue weighted by Gasteiger charge is -2.16. The van der Waals surface area contributed by atoms with Crippen LogP contribution >= 0.6 is 15.9 Å². The van der Waals surface area contributed by atoms with E-state index in [2.05, 4.69) is 20.7 Å². The largest absolute Gasteiger partial charge is 0.469 e. The molecule has 0 aliphatic heterocycles. The normalized spacial score (nSPS) is 10.0. The summed E-state index contributed by atoms with van der Waals surface area (Å²) in [7, 11) is 2.83. The van der Waals surface area contributed by atoms with Crippen LogP contribution < -0.4 is 0 Å². The number of hydrogen-bond donors (Lipinski definition) is 0. The van der Waals surface area contributed by atoms with Crippen LogP contribution in [0.5, 0.6) is 0 Å². The molecule has 0 aromatic heterocycles. The summed E-state index contributed by atoms with van der Waals surface area (Å²) in [5.74, 6) is -1.23. The van der Waals surface area contributed by atoms with Crippen molar-refractivity contribution in [3.8, 4) is 0 Å². The first-order valence-corrected chi connectivity index (χ1v) is 6.01. The van der Waals surface area contributed by atoms with E-state index in [1.165, 1.54) is 24.1 Å². The minimum Gasteiger partial charge on any atom is -0.469 e. The molecule has 0 heterocycles. The molecule has 0 unspecified atom stereocenters. The Morgan fingerprint density at radius 1 is 1.39 bits per heavy atom. The molecular weight excluding hydrogens is 305 g/mol. The van der Waals surface area contributed by atoms with Crippen LogP contribution in [0.3, 0.4) is 0 Å². The average Bonchev–Trinajstić information content (AvgIpc) is 2.33. The summed E-state index contributed by atoms with van der Waals surface area (Å²) < 4.78 is 18.1. The van der Waals surface area contributed by atoms with Crippen molar-refractivity contribution in [1.29, 1.82) is 0 Å². The molecule has 0 spiro atoms. The van der Waals surface area contributed by atoms with Gasteiger partial charge in [-0.25, -0.2) is 4.39 Å². The first kappa shape index (κ1) is 14.6. The molecule has 1 rings (SSSR count). The summed E-state index contributed by atoms with van der Waals surface area (Å²) in [4.78, 5) is 24.2. The summed E-state index contributed by atoms with van der Waals surface area (Å²) in [5, 5.41) is 0. The molecule has 0 aliphatic rings. The minimum atomic E-state index is -0.492. The third-order valence-corrected chi connectivity index (χ3v) is 2.79. The van der Waals surface area contributed by atoms with E-state index < -0.39 is 11.8 Å². The van der Waals surface area contributed by atoms with Gasteiger partial charge in [0.15, 0.2) is 0 Å². The Morgan fingerprint density at radius 2 is 2.06 bits per heavy atom. The number of benzene rings is 1. The van der Waals surface area contributed by atoms with E-state index in [1.807, 2.05) is 0 Å². The number of hydrogen-bond acceptors (Lipinski definition) is 3. The topological polar surface area (TPSA) is 46.6 Å². The zero-order valence-corrected chi connectivity index (χ0v) is 11.7. The van der Waals surface area contributed by atoms with Gasteiger partial charge in [-0.2, -0.15) is 0 Å². The number of methoxy groups -OCH3 is 1. The Bertz CT molecular complexity index is 444. The standard InChI is InChI=1S/C12H13BrFNO3/c1-15(4-3-11(16)18-2)12(17)8-5-9(13)7-10(14)6-8/h5-7H,3-4H2,1-2H3. The maximum atomic E-state index is 13.1. The number of rotatable bonds is 4. The van der Waals surface area contributed by atoms with Gasteiger partial charge in [-0.1, -0.05) is 15.9 Å². The smallest absolute Gasteiger partial charge is 0.307 e. The Kier molecular flexibility index (Phi) is 5.27. The number of nitrogens with zero attached hydrogens (tertiary/aromatic N) is 1. The van der Waals surface area contributed by atoms with Crippen molar-refractivity contribution in [3.05, 3.63) is 34.1 Å². The highest BCUT2D eigenvalue weighted by Crippen LogP contribution is 2.16. The first-order valence-electron chi connectivity index (χ1n) is 5.22. The molecule has 1 amide bonds. The fraction of sp³-hybridized carbons (Fsp3) is 0.333. The van der Waals surface area contributed by atoms with E-state index in [1.54, 1.807) is 7.05 Å². The molecule has 18 heavy (non-hydrogen) atoms. The van der Waals surface area contributed by atoms with Crippen molar-refractivity contribution in [2.75, 3.05) is 20.7 Å². The highest BCUT2D eigenvalue weighted by atomic mass is 79.9. The molecule has 1 aromatic rings. The summed E-state index contributed by atoms with van der Waals surface area (Å²) in [5.41, 5.74) is 0.231. The van der Waals surface area contributed by atoms with Gasteiger partial charge in [-0.15, -0.1) is 0 Å². The van der Waals surface area contributed by atoms with Crippen molar-refractivity contribution in [1.82, 2.24) is 4.90 Å². The number of esters is 1. The zero-order chi connectivity index (χ0) is 13.7. The van der Waals surface area contributed by atoms with Crippen LogP contribution in [-0.2, 0) is 9.53 Å². The fourth-order valence-corrected chi connectivity index (χ4v) is 1.83. The first-order chi connectivity index (χ1) is 8.43. The van der Waals surface area contributed by atoms with E-state index in [0.29, 0.717) is 4.47 Å². The summed E-state index contributed by atoms with van der Waals surface area (Å²) >= 11 is 3.12. The van der Waals surface area contributed by atoms with Crippen LogP contribution in [0.15, 0.2) is 22.7 Å². The van der Waals surface area contributed by atoms with Crippen molar-refractivity contribution in [2.45, 2.75) is 6.42 Å². The molecule has 0 N–H and O–H groups in total. The zero-order valence-electron chi connectivity index (χ0n) is 10.1. The Morgan fingerprint density at radius 3 is 2.61 bits per heavy atom. The maximum Gasteiger partial charge on any atom is 0.307 e. The summed E-state index contributed by atoms with van der Waals surface area (Å²) in [6.45, 7) is 0.222. The van der Waals surface area contributed by atoms with Gasteiger partial charge in [0.25, 0.3) is 5.91 Å². The monoisotopic (exact) mass is 317 g/mol. The summed E-state index contributed by atoms with van der Waals surface area (Å²) in [6, 6.07) is 3.95. The molecule has 0 aliphatic carbocycles. The quantitative estimate of drug-likeness (QED) is 0.800. The third-order valence-electron chi connectivity index (χ3n) is 2.34. The van der Waals surface area contributed by atoms with Crippen LogP contribution in [0.25, 0.3) is 0 Å². The lowest BCUT2D eigenvalue weighted by atomic mass is 10.2. The van der Waals surface area contributed by atoms with Crippen molar-refractivity contribution in [2.24, 2.45) is 0 Å². The van der Waals surface area contributed by atoms with Gasteiger partial charge in [0, 0.05) is 23.6 Å². The highest BCUT2D eigenvalue weighted by molar-refractivity contribution is 9.10. The summed E-state index contributed by atoms with van der Waals surface area (Å²) in [6.07, 6.45) is 0.106. The number of amides is 1. The molecule has 0 radical (unpaired) electrons. The lowest BCUT2D eigenvalue weighted by molar-refractivity contribution is -0.140. The molecule has 0 saturated carbocycles. The second kappa shape index (κ2) is 6.49. The van der Waals surface area contributed by atoms with Crippen LogP contribution in [-0.4, -0.2) is 37.5 Å². The van der Waals surface area contributed by atoms with Gasteiger partial charge in [0.05, 0.1) is 13.5 Å². The number of halogens is 2. The lowest BCUT2D eigenvalue weighted by Crippen LogP contribution is -2.29. The van der Waals surface area contributed by atoms with Gasteiger partial charge >= 0.3 is 5.97 Å². The number of ether oxygens (including phenoxy) is 1. The van der Waals surface area contributed by atoms with Gasteiger partial charge in [-0.3, -0.25) is 9.59 Å². The predicted octanol–water partition coefficient (Wildman–Crippen LogP) is 2.22. The predicted molar refractivity (Wildman–Crippen MR) is 67.7 cm³/mol. The van der Waals surface area contributed by atoms with Crippen LogP contribution in [0.4, 0.5) is 4.39 Å². The Labute approximate surface area is 113 Å². The SMILES string of the molecule is COC(=O)CCN(C)C(=O)c1cc(F)cc(Br)c1. The molecule has 4 nitrogen and oxygen atoms in total. The molecule has 0 atom stereocenters. The van der Waals surface area contributed by atoms with Gasteiger partial charge in [0.2, 0.25) is 0 Å². The second-order valence-electron chi connectivity index (χ2n) is 3.71. The fourth-order valence-electron chi connectivity index (χ4n) is 1.36. The third kappa shape index (κ3) is 4.10. The van der Waals surface area contributed by atoms with E-state index in [-0.39, 0.29) is 24.4 Å². The Hall–Kier alpha value is -1.43. The van der Waals surface area contributed by atoms with E-state index in [9.17, 15) is 14.0 Å². The number of carbonyl (C=O) groups is 2. The Balaban J connectivity index is 2.71. The van der Waals surface area contributed by atoms with Crippen LogP contribution in [0.2, 0.25) is 0 Å². The molecule has 98 valence electrons. The average molecular weight is 318 g/mol. The van der Waals surface area contributed by atoms with Crippen molar-refractivity contribution in [3.63, 3.8) is 0 Å². The number of carbonyl (C=O) groups excluding carboxylic acids is 2. The van der Waals surface area contributed by atoms with Crippen molar-refractivity contribution >= 4 is 27.8 Å². The van der Waals surface area contributed by atoms with Crippen LogP contribution in [0.1, 0.15) is 16.8 Å². The molecule has 0 bridgehead atoms. The molecule has 6 heteroatoms. The van der Waals surface area contributed by atoms with Crippen LogP contribution in [0, 0.1) is 5.82 Å². The minimum absolute atomic E-state index is 0.106. The highest BCUT2D eigenvalue weighted by Gasteiger charge is 2.14. The molecule has 0 fully saturated rings.